The van der Waals surface area contributed by atoms with Gasteiger partial charge < -0.3 is 10.2 Å². The van der Waals surface area contributed by atoms with Gasteiger partial charge >= 0.3 is 0 Å². The summed E-state index contributed by atoms with van der Waals surface area (Å²) in [6, 6.07) is 18.5. The minimum absolute atomic E-state index is 0.0669. The van der Waals surface area contributed by atoms with E-state index in [1.807, 2.05) is 24.3 Å². The number of fused-ring (bicyclic) bond motifs is 6. The molecule has 0 saturated carbocycles. The number of pyridine rings is 2. The van der Waals surface area contributed by atoms with E-state index < -0.39 is 15.9 Å². The summed E-state index contributed by atoms with van der Waals surface area (Å²) in [6.45, 7) is 14.9. The number of carbonyl (C=O) groups excluding carboxylic acids is 1. The number of sulfonamides is 1. The highest BCUT2D eigenvalue weighted by Gasteiger charge is 2.42. The van der Waals surface area contributed by atoms with Crippen molar-refractivity contribution in [2.75, 3.05) is 23.3 Å². The number of rotatable bonds is 3. The second-order valence-electron chi connectivity index (χ2n) is 13.0. The van der Waals surface area contributed by atoms with Crippen molar-refractivity contribution < 1.29 is 13.2 Å². The smallest absolute Gasteiger partial charge is 0.284 e. The molecule has 2 aliphatic rings. The van der Waals surface area contributed by atoms with Gasteiger partial charge in [-0.1, -0.05) is 63.2 Å². The molecule has 1 saturated heterocycles. The van der Waals surface area contributed by atoms with E-state index >= 15 is 0 Å². The third kappa shape index (κ3) is 5.79. The number of aromatic nitrogens is 2. The van der Waals surface area contributed by atoms with Crippen LogP contribution in [-0.4, -0.2) is 47.2 Å². The molecule has 1 amide bonds. The Labute approximate surface area is 249 Å². The Bertz CT molecular complexity index is 1580. The van der Waals surface area contributed by atoms with Crippen LogP contribution in [0.4, 0.5) is 11.6 Å². The summed E-state index contributed by atoms with van der Waals surface area (Å²) < 4.78 is 28.9. The van der Waals surface area contributed by atoms with Gasteiger partial charge in [0.2, 0.25) is 0 Å². The fourth-order valence-electron chi connectivity index (χ4n) is 6.07. The van der Waals surface area contributed by atoms with E-state index in [-0.39, 0.29) is 34.1 Å². The maximum Gasteiger partial charge on any atom is 0.284 e. The van der Waals surface area contributed by atoms with Gasteiger partial charge in [0.1, 0.15) is 11.6 Å². The number of hydrogen-bond acceptors (Lipinski definition) is 7. The fourth-order valence-corrected chi connectivity index (χ4v) is 7.38. The van der Waals surface area contributed by atoms with Crippen molar-refractivity contribution in [2.45, 2.75) is 75.9 Å². The number of carbonyl (C=O) groups is 1. The average molecular weight is 588 g/mol. The predicted octanol–water partition coefficient (Wildman–Crippen LogP) is 6.34. The van der Waals surface area contributed by atoms with Gasteiger partial charge in [0.25, 0.3) is 15.9 Å². The zero-order valence-electron chi connectivity index (χ0n) is 25.2. The van der Waals surface area contributed by atoms with E-state index in [0.29, 0.717) is 17.6 Å². The molecule has 2 aliphatic heterocycles. The van der Waals surface area contributed by atoms with Gasteiger partial charge in [-0.15, -0.1) is 6.58 Å². The maximum atomic E-state index is 14.2. The molecular formula is C33H41N5O3S. The maximum absolute atomic E-state index is 14.2. The molecule has 4 heterocycles. The quantitative estimate of drug-likeness (QED) is 0.357. The fraction of sp³-hybridized carbons (Fsp3) is 0.424. The summed E-state index contributed by atoms with van der Waals surface area (Å²) in [5.41, 5.74) is 1.66. The molecule has 1 aromatic carbocycles. The molecule has 2 aromatic heterocycles. The first kappa shape index (κ1) is 29.8. The molecule has 0 aliphatic carbocycles. The average Bonchev–Trinajstić information content (AvgIpc) is 3.26. The van der Waals surface area contributed by atoms with Crippen molar-refractivity contribution in [3.8, 4) is 0 Å². The number of nitrogens with one attached hydrogen (secondary N) is 1. The zero-order valence-corrected chi connectivity index (χ0v) is 26.0. The molecule has 1 unspecified atom stereocenters. The molecule has 5 rings (SSSR count). The van der Waals surface area contributed by atoms with Crippen molar-refractivity contribution >= 4 is 27.6 Å². The molecule has 3 aromatic rings. The van der Waals surface area contributed by atoms with Gasteiger partial charge in [-0.2, -0.15) is 8.42 Å². The summed E-state index contributed by atoms with van der Waals surface area (Å²) in [7, 11) is -4.32. The Kier molecular flexibility index (Phi) is 7.91. The van der Waals surface area contributed by atoms with Crippen molar-refractivity contribution in [3.05, 3.63) is 90.1 Å². The van der Waals surface area contributed by atoms with Crippen LogP contribution in [0, 0.1) is 5.92 Å². The van der Waals surface area contributed by atoms with Crippen LogP contribution in [0.15, 0.2) is 78.3 Å². The van der Waals surface area contributed by atoms with Gasteiger partial charge in [-0.05, 0) is 68.9 Å². The molecule has 8 nitrogen and oxygen atoms in total. The van der Waals surface area contributed by atoms with Crippen LogP contribution >= 0.6 is 0 Å². The third-order valence-corrected chi connectivity index (χ3v) is 9.93. The van der Waals surface area contributed by atoms with Crippen LogP contribution in [0.3, 0.4) is 0 Å². The van der Waals surface area contributed by atoms with E-state index in [1.54, 1.807) is 18.2 Å². The zero-order chi connectivity index (χ0) is 30.3. The number of hydrogen-bond donors (Lipinski definition) is 1. The highest BCUT2D eigenvalue weighted by molar-refractivity contribution is 7.89. The SMILES string of the molecule is C=CCN1C(=O)c2ccc(C(C)(C)C)nc2N2C[C@@H](CCC(c3ccccc3)Nc3cccc(n3)S1(=O)=O)CC2(C)C. The number of anilines is 2. The van der Waals surface area contributed by atoms with Crippen LogP contribution in [0.2, 0.25) is 0 Å². The van der Waals surface area contributed by atoms with E-state index in [4.69, 9.17) is 4.98 Å². The van der Waals surface area contributed by atoms with Crippen LogP contribution in [0.25, 0.3) is 0 Å². The van der Waals surface area contributed by atoms with E-state index in [1.165, 1.54) is 12.1 Å². The molecule has 42 heavy (non-hydrogen) atoms. The molecule has 222 valence electrons. The molecular weight excluding hydrogens is 546 g/mol. The van der Waals surface area contributed by atoms with Crippen LogP contribution < -0.4 is 10.2 Å². The second-order valence-corrected chi connectivity index (χ2v) is 14.8. The highest BCUT2D eigenvalue weighted by Crippen LogP contribution is 2.42. The van der Waals surface area contributed by atoms with Gasteiger partial charge in [0, 0.05) is 23.2 Å². The lowest BCUT2D eigenvalue weighted by molar-refractivity contribution is 0.0871. The Morgan fingerprint density at radius 3 is 2.45 bits per heavy atom. The largest absolute Gasteiger partial charge is 0.363 e. The lowest BCUT2D eigenvalue weighted by Gasteiger charge is -2.35. The Morgan fingerprint density at radius 2 is 1.76 bits per heavy atom. The minimum Gasteiger partial charge on any atom is -0.363 e. The first-order valence-corrected chi connectivity index (χ1v) is 16.0. The van der Waals surface area contributed by atoms with Crippen molar-refractivity contribution in [1.29, 1.82) is 0 Å². The Hall–Kier alpha value is -3.72. The van der Waals surface area contributed by atoms with E-state index in [0.717, 1.165) is 41.4 Å². The van der Waals surface area contributed by atoms with E-state index in [9.17, 15) is 13.2 Å². The van der Waals surface area contributed by atoms with E-state index in [2.05, 4.69) is 68.5 Å². The molecule has 1 N–H and O–H groups in total. The first-order chi connectivity index (χ1) is 19.8. The Balaban J connectivity index is 1.70. The summed E-state index contributed by atoms with van der Waals surface area (Å²) in [5, 5.41) is 3.29. The Morgan fingerprint density at radius 1 is 1.02 bits per heavy atom. The normalized spacial score (nSPS) is 22.0. The monoisotopic (exact) mass is 587 g/mol. The summed E-state index contributed by atoms with van der Waals surface area (Å²) in [6.07, 6.45) is 4.12. The third-order valence-electron chi connectivity index (χ3n) is 8.28. The summed E-state index contributed by atoms with van der Waals surface area (Å²) in [5.74, 6) is 0.678. The first-order valence-electron chi connectivity index (χ1n) is 14.6. The standard InChI is InChI=1S/C33H41N5O3S/c1-7-20-38-31(39)25-17-19-27(32(2,3)4)35-30(25)37-22-23(21-33(37,5)6)16-18-26(24-12-9-8-10-13-24)34-28-14-11-15-29(36-28)42(38,40)41/h7-15,17,19,23,26H,1,16,18,20-22H2,2-6H3,(H,34,36)/t23-,26?/m0/s1. The summed E-state index contributed by atoms with van der Waals surface area (Å²) >= 11 is 0. The van der Waals surface area contributed by atoms with Gasteiger partial charge in [0.15, 0.2) is 5.03 Å². The number of benzene rings is 1. The lowest BCUT2D eigenvalue weighted by Crippen LogP contribution is -2.42. The van der Waals surface area contributed by atoms with Crippen molar-refractivity contribution in [3.63, 3.8) is 0 Å². The number of amides is 1. The predicted molar refractivity (Wildman–Crippen MR) is 167 cm³/mol. The molecule has 4 bridgehead atoms. The van der Waals surface area contributed by atoms with Crippen LogP contribution in [0.1, 0.15) is 81.5 Å². The van der Waals surface area contributed by atoms with Gasteiger partial charge in [-0.3, -0.25) is 4.79 Å². The molecule has 2 atom stereocenters. The van der Waals surface area contributed by atoms with Crippen LogP contribution in [-0.2, 0) is 15.4 Å². The molecule has 0 radical (unpaired) electrons. The summed E-state index contributed by atoms with van der Waals surface area (Å²) in [4.78, 5) is 26.0. The number of nitrogens with zero attached hydrogens (tertiary/aromatic N) is 4. The topological polar surface area (TPSA) is 95.5 Å². The molecule has 9 heteroatoms. The lowest BCUT2D eigenvalue weighted by atomic mass is 9.90. The van der Waals surface area contributed by atoms with Gasteiger partial charge in [0.05, 0.1) is 18.2 Å². The van der Waals surface area contributed by atoms with Crippen LogP contribution in [0.5, 0.6) is 0 Å². The second kappa shape index (κ2) is 11.2. The van der Waals surface area contributed by atoms with Crippen molar-refractivity contribution in [1.82, 2.24) is 14.3 Å². The van der Waals surface area contributed by atoms with Gasteiger partial charge in [-0.25, -0.2) is 14.3 Å². The highest BCUT2D eigenvalue weighted by atomic mass is 32.2. The van der Waals surface area contributed by atoms with Crippen molar-refractivity contribution in [2.24, 2.45) is 5.92 Å². The molecule has 0 spiro atoms. The minimum atomic E-state index is -4.32. The molecule has 1 fully saturated rings.